The first-order valence-electron chi connectivity index (χ1n) is 6.08. The van der Waals surface area contributed by atoms with Crippen LogP contribution in [0.4, 0.5) is 0 Å². The van der Waals surface area contributed by atoms with Gasteiger partial charge in [-0.05, 0) is 20.3 Å². The molecule has 1 aromatic heterocycles. The highest BCUT2D eigenvalue weighted by atomic mass is 32.1. The third-order valence-corrected chi connectivity index (χ3v) is 4.41. The first-order valence-corrected chi connectivity index (χ1v) is 6.90. The number of aromatic nitrogens is 1. The van der Waals surface area contributed by atoms with Crippen LogP contribution in [0.5, 0.6) is 0 Å². The van der Waals surface area contributed by atoms with E-state index in [4.69, 9.17) is 0 Å². The first kappa shape index (κ1) is 12.0. The molecule has 0 saturated carbocycles. The zero-order valence-corrected chi connectivity index (χ0v) is 11.2. The van der Waals surface area contributed by atoms with Crippen molar-refractivity contribution < 1.29 is 0 Å². The molecule has 1 aliphatic rings. The number of nitrogens with zero attached hydrogens (tertiary/aromatic N) is 2. The molecule has 1 unspecified atom stereocenters. The molecular formula is C12H21N3S. The summed E-state index contributed by atoms with van der Waals surface area (Å²) in [6, 6.07) is 0.679. The van der Waals surface area contributed by atoms with E-state index in [-0.39, 0.29) is 0 Å². The Hall–Kier alpha value is -0.450. The highest BCUT2D eigenvalue weighted by molar-refractivity contribution is 7.11. The van der Waals surface area contributed by atoms with Gasteiger partial charge in [0.25, 0.3) is 0 Å². The smallest absolute Gasteiger partial charge is 0.107 e. The van der Waals surface area contributed by atoms with Crippen LogP contribution in [0.1, 0.15) is 28.9 Å². The number of piperazine rings is 1. The predicted molar refractivity (Wildman–Crippen MR) is 68.9 cm³/mol. The van der Waals surface area contributed by atoms with E-state index in [1.54, 1.807) is 0 Å². The number of aryl methyl sites for hydroxylation is 2. The van der Waals surface area contributed by atoms with Crippen molar-refractivity contribution in [3.63, 3.8) is 0 Å². The maximum absolute atomic E-state index is 4.63. The number of thiazole rings is 1. The molecule has 1 aromatic rings. The van der Waals surface area contributed by atoms with Gasteiger partial charge in [-0.3, -0.25) is 4.90 Å². The van der Waals surface area contributed by atoms with Crippen molar-refractivity contribution in [1.29, 1.82) is 0 Å². The minimum Gasteiger partial charge on any atom is -0.314 e. The lowest BCUT2D eigenvalue weighted by Crippen LogP contribution is -2.50. The van der Waals surface area contributed by atoms with E-state index in [0.29, 0.717) is 6.04 Å². The monoisotopic (exact) mass is 239 g/mol. The topological polar surface area (TPSA) is 28.2 Å². The number of nitrogens with one attached hydrogen (secondary N) is 1. The highest BCUT2D eigenvalue weighted by Crippen LogP contribution is 2.20. The van der Waals surface area contributed by atoms with Gasteiger partial charge in [-0.2, -0.15) is 0 Å². The van der Waals surface area contributed by atoms with Gasteiger partial charge in [0.1, 0.15) is 5.01 Å². The van der Waals surface area contributed by atoms with Crippen LogP contribution in [0.3, 0.4) is 0 Å². The van der Waals surface area contributed by atoms with Gasteiger partial charge < -0.3 is 5.32 Å². The summed E-state index contributed by atoms with van der Waals surface area (Å²) in [7, 11) is 0. The zero-order valence-electron chi connectivity index (χ0n) is 10.4. The van der Waals surface area contributed by atoms with Gasteiger partial charge in [0.2, 0.25) is 0 Å². The Labute approximate surface area is 102 Å². The second kappa shape index (κ2) is 5.25. The molecule has 0 radical (unpaired) electrons. The van der Waals surface area contributed by atoms with Gasteiger partial charge in [0.05, 0.1) is 12.2 Å². The van der Waals surface area contributed by atoms with E-state index in [1.807, 2.05) is 11.3 Å². The first-order chi connectivity index (χ1) is 7.70. The summed E-state index contributed by atoms with van der Waals surface area (Å²) < 4.78 is 0. The Morgan fingerprint density at radius 3 is 2.94 bits per heavy atom. The van der Waals surface area contributed by atoms with Crippen LogP contribution in [0.15, 0.2) is 0 Å². The van der Waals surface area contributed by atoms with Gasteiger partial charge in [-0.15, -0.1) is 11.3 Å². The van der Waals surface area contributed by atoms with Gasteiger partial charge in [0, 0.05) is 30.6 Å². The molecule has 2 rings (SSSR count). The average molecular weight is 239 g/mol. The van der Waals surface area contributed by atoms with E-state index < -0.39 is 0 Å². The third kappa shape index (κ3) is 2.62. The molecule has 1 fully saturated rings. The molecule has 16 heavy (non-hydrogen) atoms. The molecule has 90 valence electrons. The van der Waals surface area contributed by atoms with Gasteiger partial charge in [-0.1, -0.05) is 6.92 Å². The van der Waals surface area contributed by atoms with Crippen molar-refractivity contribution in [2.75, 3.05) is 19.6 Å². The summed E-state index contributed by atoms with van der Waals surface area (Å²) in [5.74, 6) is 0. The Morgan fingerprint density at radius 1 is 1.50 bits per heavy atom. The molecule has 0 bridgehead atoms. The Bertz CT molecular complexity index is 329. The van der Waals surface area contributed by atoms with Crippen molar-refractivity contribution >= 4 is 11.3 Å². The molecule has 4 heteroatoms. The molecule has 1 atom stereocenters. The lowest BCUT2D eigenvalue weighted by atomic mass is 10.1. The van der Waals surface area contributed by atoms with Gasteiger partial charge >= 0.3 is 0 Å². The predicted octanol–water partition coefficient (Wildman–Crippen LogP) is 1.94. The fraction of sp³-hybridized carbons (Fsp3) is 0.750. The lowest BCUT2D eigenvalue weighted by Gasteiger charge is -2.35. The van der Waals surface area contributed by atoms with Gasteiger partial charge in [0.15, 0.2) is 0 Å². The fourth-order valence-corrected chi connectivity index (χ4v) is 3.15. The van der Waals surface area contributed by atoms with Crippen molar-refractivity contribution in [1.82, 2.24) is 15.2 Å². The summed E-state index contributed by atoms with van der Waals surface area (Å²) in [6.45, 7) is 10.9. The summed E-state index contributed by atoms with van der Waals surface area (Å²) in [4.78, 5) is 8.55. The molecule has 1 N–H and O–H groups in total. The third-order valence-electron chi connectivity index (χ3n) is 3.35. The normalized spacial score (nSPS) is 22.6. The van der Waals surface area contributed by atoms with Crippen molar-refractivity contribution in [3.8, 4) is 0 Å². The van der Waals surface area contributed by atoms with Crippen molar-refractivity contribution in [3.05, 3.63) is 15.6 Å². The highest BCUT2D eigenvalue weighted by Gasteiger charge is 2.21. The minimum absolute atomic E-state index is 0.679. The van der Waals surface area contributed by atoms with E-state index >= 15 is 0 Å². The minimum atomic E-state index is 0.679. The molecular weight excluding hydrogens is 218 g/mol. The molecule has 2 heterocycles. The fourth-order valence-electron chi connectivity index (χ4n) is 2.19. The summed E-state index contributed by atoms with van der Waals surface area (Å²) in [6.07, 6.45) is 1.22. The van der Waals surface area contributed by atoms with E-state index in [2.05, 4.69) is 36.0 Å². The molecule has 1 saturated heterocycles. The second-order valence-corrected chi connectivity index (χ2v) is 5.77. The maximum Gasteiger partial charge on any atom is 0.107 e. The SMILES string of the molecule is CCC1CNCCN1Cc1nc(C)c(C)s1. The number of hydrogen-bond acceptors (Lipinski definition) is 4. The second-order valence-electron chi connectivity index (χ2n) is 4.49. The summed E-state index contributed by atoms with van der Waals surface area (Å²) in [5, 5.41) is 4.73. The van der Waals surface area contributed by atoms with Crippen LogP contribution < -0.4 is 5.32 Å². The molecule has 0 aliphatic carbocycles. The van der Waals surface area contributed by atoms with E-state index in [0.717, 1.165) is 26.2 Å². The standard InChI is InChI=1S/C12H21N3S/c1-4-11-7-13-5-6-15(11)8-12-14-9(2)10(3)16-12/h11,13H,4-8H2,1-3H3. The van der Waals surface area contributed by atoms with Crippen molar-refractivity contribution in [2.24, 2.45) is 0 Å². The van der Waals surface area contributed by atoms with E-state index in [9.17, 15) is 0 Å². The Morgan fingerprint density at radius 2 is 2.31 bits per heavy atom. The van der Waals surface area contributed by atoms with Crippen LogP contribution >= 0.6 is 11.3 Å². The zero-order chi connectivity index (χ0) is 11.5. The summed E-state index contributed by atoms with van der Waals surface area (Å²) in [5.41, 5.74) is 1.20. The Kier molecular flexibility index (Phi) is 3.95. The largest absolute Gasteiger partial charge is 0.314 e. The molecule has 3 nitrogen and oxygen atoms in total. The summed E-state index contributed by atoms with van der Waals surface area (Å²) >= 11 is 1.85. The quantitative estimate of drug-likeness (QED) is 0.874. The van der Waals surface area contributed by atoms with Crippen LogP contribution in [0.25, 0.3) is 0 Å². The number of rotatable bonds is 3. The molecule has 0 amide bonds. The van der Waals surface area contributed by atoms with E-state index in [1.165, 1.54) is 22.0 Å². The van der Waals surface area contributed by atoms with Crippen LogP contribution in [0, 0.1) is 13.8 Å². The van der Waals surface area contributed by atoms with Crippen molar-refractivity contribution in [2.45, 2.75) is 39.8 Å². The van der Waals surface area contributed by atoms with Gasteiger partial charge in [-0.25, -0.2) is 4.98 Å². The lowest BCUT2D eigenvalue weighted by molar-refractivity contribution is 0.149. The molecule has 0 spiro atoms. The Balaban J connectivity index is 2.02. The molecule has 1 aliphatic heterocycles. The van der Waals surface area contributed by atoms with Crippen LogP contribution in [-0.2, 0) is 6.54 Å². The number of hydrogen-bond donors (Lipinski definition) is 1. The van der Waals surface area contributed by atoms with Crippen LogP contribution in [-0.4, -0.2) is 35.6 Å². The average Bonchev–Trinajstić information content (AvgIpc) is 2.59. The van der Waals surface area contributed by atoms with Crippen LogP contribution in [0.2, 0.25) is 0 Å². The maximum atomic E-state index is 4.63. The molecule has 0 aromatic carbocycles.